The van der Waals surface area contributed by atoms with Crippen LogP contribution in [0.5, 0.6) is 0 Å². The fraction of sp³-hybridized carbons (Fsp3) is 0.556. The van der Waals surface area contributed by atoms with Crippen LogP contribution in [0, 0.1) is 0 Å². The van der Waals surface area contributed by atoms with Crippen molar-refractivity contribution in [2.45, 2.75) is 17.2 Å². The molecule has 2 rings (SSSR count). The Morgan fingerprint density at radius 2 is 2.35 bits per heavy atom. The summed E-state index contributed by atoms with van der Waals surface area (Å²) in [6, 6.07) is 1.26. The van der Waals surface area contributed by atoms with Gasteiger partial charge < -0.3 is 10.8 Å². The van der Waals surface area contributed by atoms with Crippen LogP contribution >= 0.6 is 11.8 Å². The Hall–Kier alpha value is -1.15. The molecule has 1 atom stereocenters. The Labute approximate surface area is 99.6 Å². The molecule has 0 aliphatic carbocycles. The average molecular weight is 263 g/mol. The van der Waals surface area contributed by atoms with E-state index in [2.05, 4.69) is 4.98 Å². The Kier molecular flexibility index (Phi) is 2.86. The quantitative estimate of drug-likeness (QED) is 0.799. The van der Waals surface area contributed by atoms with Crippen molar-refractivity contribution >= 4 is 17.6 Å². The molecule has 0 saturated carbocycles. The zero-order chi connectivity index (χ0) is 12.7. The van der Waals surface area contributed by atoms with Crippen molar-refractivity contribution in [2.75, 3.05) is 18.1 Å². The van der Waals surface area contributed by atoms with Crippen LogP contribution in [0.2, 0.25) is 0 Å². The van der Waals surface area contributed by atoms with E-state index in [9.17, 15) is 18.7 Å². The molecule has 94 valence electrons. The minimum Gasteiger partial charge on any atom is -0.393 e. The SMILES string of the molecule is Nc1ccn([C@@]2(CO)SCCC2(F)F)c(=O)n1. The van der Waals surface area contributed by atoms with Gasteiger partial charge in [-0.2, -0.15) is 4.98 Å². The molecule has 8 heteroatoms. The number of nitrogen functional groups attached to an aromatic ring is 1. The number of nitrogens with zero attached hydrogens (tertiary/aromatic N) is 2. The Morgan fingerprint density at radius 1 is 1.65 bits per heavy atom. The van der Waals surface area contributed by atoms with Crippen molar-refractivity contribution in [3.8, 4) is 0 Å². The fourth-order valence-electron chi connectivity index (χ4n) is 1.82. The molecule has 3 N–H and O–H groups in total. The zero-order valence-electron chi connectivity index (χ0n) is 8.77. The van der Waals surface area contributed by atoms with E-state index in [1.165, 1.54) is 6.07 Å². The van der Waals surface area contributed by atoms with Gasteiger partial charge in [-0.15, -0.1) is 11.8 Å². The van der Waals surface area contributed by atoms with Crippen molar-refractivity contribution < 1.29 is 13.9 Å². The third-order valence-electron chi connectivity index (χ3n) is 2.76. The summed E-state index contributed by atoms with van der Waals surface area (Å²) in [7, 11) is 0. The molecule has 2 heterocycles. The number of aliphatic hydroxyl groups is 1. The highest BCUT2D eigenvalue weighted by Crippen LogP contribution is 2.52. The van der Waals surface area contributed by atoms with Crippen LogP contribution in [0.4, 0.5) is 14.6 Å². The standard InChI is InChI=1S/C9H11F2N3O2S/c10-8(11)2-4-17-9(8,5-15)14-3-1-6(12)13-7(14)16/h1,3,15H,2,4-5H2,(H2,12,13,16)/t9-/m0/s1. The summed E-state index contributed by atoms with van der Waals surface area (Å²) < 4.78 is 28.4. The molecule has 1 fully saturated rings. The van der Waals surface area contributed by atoms with Gasteiger partial charge in [-0.25, -0.2) is 13.6 Å². The van der Waals surface area contributed by atoms with Crippen molar-refractivity contribution in [3.63, 3.8) is 0 Å². The molecule has 5 nitrogen and oxygen atoms in total. The van der Waals surface area contributed by atoms with Crippen LogP contribution in [0.3, 0.4) is 0 Å². The number of aliphatic hydroxyl groups excluding tert-OH is 1. The first kappa shape index (κ1) is 12.3. The van der Waals surface area contributed by atoms with Crippen LogP contribution in [0.25, 0.3) is 0 Å². The highest BCUT2D eigenvalue weighted by Gasteiger charge is 2.59. The number of rotatable bonds is 2. The largest absolute Gasteiger partial charge is 0.393 e. The Morgan fingerprint density at radius 3 is 2.82 bits per heavy atom. The first-order valence-corrected chi connectivity index (χ1v) is 5.90. The van der Waals surface area contributed by atoms with E-state index in [0.29, 0.717) is 0 Å². The highest BCUT2D eigenvalue weighted by atomic mass is 32.2. The number of aromatic nitrogens is 2. The third-order valence-corrected chi connectivity index (χ3v) is 4.27. The fourth-order valence-corrected chi connectivity index (χ4v) is 3.20. The predicted molar refractivity (Wildman–Crippen MR) is 60.0 cm³/mol. The topological polar surface area (TPSA) is 81.1 Å². The Bertz CT molecular complexity index is 493. The summed E-state index contributed by atoms with van der Waals surface area (Å²) in [6.45, 7) is -0.837. The van der Waals surface area contributed by atoms with Crippen LogP contribution in [0.1, 0.15) is 6.42 Å². The molecule has 0 spiro atoms. The lowest BCUT2D eigenvalue weighted by Crippen LogP contribution is -2.51. The number of thioether (sulfide) groups is 1. The maximum atomic E-state index is 13.8. The van der Waals surface area contributed by atoms with Gasteiger partial charge in [-0.05, 0) is 6.07 Å². The van der Waals surface area contributed by atoms with Crippen LogP contribution in [-0.2, 0) is 4.87 Å². The lowest BCUT2D eigenvalue weighted by atomic mass is 10.1. The molecule has 1 aromatic heterocycles. The molecule has 17 heavy (non-hydrogen) atoms. The molecule has 1 saturated heterocycles. The summed E-state index contributed by atoms with van der Waals surface area (Å²) in [5.74, 6) is -3.02. The third kappa shape index (κ3) is 1.71. The van der Waals surface area contributed by atoms with Gasteiger partial charge in [0.1, 0.15) is 5.82 Å². The second-order valence-corrected chi connectivity index (χ2v) is 5.12. The number of anilines is 1. The highest BCUT2D eigenvalue weighted by molar-refractivity contribution is 8.00. The van der Waals surface area contributed by atoms with Crippen molar-refractivity contribution in [2.24, 2.45) is 0 Å². The smallest absolute Gasteiger partial charge is 0.350 e. The van der Waals surface area contributed by atoms with Gasteiger partial charge in [0.25, 0.3) is 5.92 Å². The van der Waals surface area contributed by atoms with Gasteiger partial charge in [0, 0.05) is 18.4 Å². The first-order chi connectivity index (χ1) is 7.93. The molecule has 1 aliphatic heterocycles. The number of hydrogen-bond donors (Lipinski definition) is 2. The average Bonchev–Trinajstić information content (AvgIpc) is 2.54. The summed E-state index contributed by atoms with van der Waals surface area (Å²) in [4.78, 5) is 13.0. The molecule has 0 bridgehead atoms. The second-order valence-electron chi connectivity index (χ2n) is 3.75. The number of alkyl halides is 2. The first-order valence-electron chi connectivity index (χ1n) is 4.91. The van der Waals surface area contributed by atoms with E-state index >= 15 is 0 Å². The Balaban J connectivity index is 2.60. The maximum absolute atomic E-state index is 13.8. The zero-order valence-corrected chi connectivity index (χ0v) is 9.58. The number of hydrogen-bond acceptors (Lipinski definition) is 5. The van der Waals surface area contributed by atoms with E-state index in [1.807, 2.05) is 0 Å². The minimum absolute atomic E-state index is 0.0364. The van der Waals surface area contributed by atoms with E-state index in [0.717, 1.165) is 22.5 Å². The molecular weight excluding hydrogens is 252 g/mol. The van der Waals surface area contributed by atoms with Crippen molar-refractivity contribution in [3.05, 3.63) is 22.7 Å². The normalized spacial score (nSPS) is 27.2. The van der Waals surface area contributed by atoms with Gasteiger partial charge in [0.15, 0.2) is 4.87 Å². The van der Waals surface area contributed by atoms with Gasteiger partial charge in [0.2, 0.25) is 0 Å². The van der Waals surface area contributed by atoms with E-state index in [1.54, 1.807) is 0 Å². The molecular formula is C9H11F2N3O2S. The van der Waals surface area contributed by atoms with Gasteiger partial charge in [-0.1, -0.05) is 0 Å². The van der Waals surface area contributed by atoms with Gasteiger partial charge in [-0.3, -0.25) is 4.57 Å². The lowest BCUT2D eigenvalue weighted by molar-refractivity contribution is -0.0816. The van der Waals surface area contributed by atoms with E-state index in [4.69, 9.17) is 5.73 Å². The lowest BCUT2D eigenvalue weighted by Gasteiger charge is -2.33. The van der Waals surface area contributed by atoms with Gasteiger partial charge in [0.05, 0.1) is 6.61 Å². The van der Waals surface area contributed by atoms with Crippen LogP contribution in [-0.4, -0.2) is 32.9 Å². The summed E-state index contributed by atoms with van der Waals surface area (Å²) in [6.07, 6.45) is 0.766. The van der Waals surface area contributed by atoms with Crippen molar-refractivity contribution in [1.29, 1.82) is 0 Å². The molecule has 0 aromatic carbocycles. The maximum Gasteiger partial charge on any atom is 0.350 e. The molecule has 0 unspecified atom stereocenters. The van der Waals surface area contributed by atoms with E-state index in [-0.39, 0.29) is 18.0 Å². The number of halogens is 2. The van der Waals surface area contributed by atoms with E-state index < -0.39 is 23.1 Å². The minimum atomic E-state index is -3.16. The second kappa shape index (κ2) is 3.95. The molecule has 1 aliphatic rings. The van der Waals surface area contributed by atoms with Crippen molar-refractivity contribution in [1.82, 2.24) is 9.55 Å². The van der Waals surface area contributed by atoms with Crippen LogP contribution in [0.15, 0.2) is 17.1 Å². The van der Waals surface area contributed by atoms with Gasteiger partial charge >= 0.3 is 5.69 Å². The molecule has 1 aromatic rings. The summed E-state index contributed by atoms with van der Waals surface area (Å²) in [5.41, 5.74) is 4.42. The molecule has 0 radical (unpaired) electrons. The molecule has 0 amide bonds. The predicted octanol–water partition coefficient (Wildman–Crippen LogP) is 0.243. The van der Waals surface area contributed by atoms with Crippen LogP contribution < -0.4 is 11.4 Å². The monoisotopic (exact) mass is 263 g/mol. The summed E-state index contributed by atoms with van der Waals surface area (Å²) >= 11 is 0.852. The number of nitrogens with two attached hydrogens (primary N) is 1. The summed E-state index contributed by atoms with van der Waals surface area (Å²) in [5, 5.41) is 9.28.